The summed E-state index contributed by atoms with van der Waals surface area (Å²) < 4.78 is 0. The van der Waals surface area contributed by atoms with Crippen molar-refractivity contribution in [3.63, 3.8) is 0 Å². The molecule has 0 aromatic rings. The number of rotatable bonds is 13. The van der Waals surface area contributed by atoms with Crippen molar-refractivity contribution in [1.29, 1.82) is 0 Å². The number of nitrogens with two attached hydrogens (primary N) is 3. The maximum atomic E-state index is 12.4. The highest BCUT2D eigenvalue weighted by Gasteiger charge is 2.27. The lowest BCUT2D eigenvalue weighted by Gasteiger charge is -2.25. The highest BCUT2D eigenvalue weighted by atomic mass is 16.4. The number of carboxylic acid groups (broad SMARTS) is 1. The van der Waals surface area contributed by atoms with Crippen LogP contribution in [0.3, 0.4) is 0 Å². The van der Waals surface area contributed by atoms with Crippen LogP contribution >= 0.6 is 0 Å². The van der Waals surface area contributed by atoms with Crippen LogP contribution in [0.15, 0.2) is 4.99 Å². The van der Waals surface area contributed by atoms with Crippen molar-refractivity contribution in [3.05, 3.63) is 0 Å². The van der Waals surface area contributed by atoms with Gasteiger partial charge in [0.1, 0.15) is 12.3 Å². The van der Waals surface area contributed by atoms with E-state index >= 15 is 0 Å². The molecular formula is C16H30N6O5. The number of aliphatic imine (C=N–C) groups is 1. The van der Waals surface area contributed by atoms with Crippen LogP contribution in [-0.4, -0.2) is 59.8 Å². The summed E-state index contributed by atoms with van der Waals surface area (Å²) >= 11 is 0. The minimum Gasteiger partial charge on any atom is -0.481 e. The molecular weight excluding hydrogens is 356 g/mol. The summed E-state index contributed by atoms with van der Waals surface area (Å²) in [4.78, 5) is 50.0. The minimum absolute atomic E-state index is 0.0341. The van der Waals surface area contributed by atoms with E-state index in [0.29, 0.717) is 25.7 Å². The molecule has 0 aromatic carbocycles. The number of aliphatic carboxylic acids is 1. The average Bonchev–Trinajstić information content (AvgIpc) is 2.58. The summed E-state index contributed by atoms with van der Waals surface area (Å²) in [6.07, 6.45) is 0.990. The first kappa shape index (κ1) is 24.3. The Morgan fingerprint density at radius 3 is 2.22 bits per heavy atom. The van der Waals surface area contributed by atoms with Crippen LogP contribution in [0, 0.1) is 5.92 Å². The van der Waals surface area contributed by atoms with Gasteiger partial charge in [0, 0.05) is 13.0 Å². The Kier molecular flexibility index (Phi) is 11.4. The molecule has 0 fully saturated rings. The summed E-state index contributed by atoms with van der Waals surface area (Å²) in [6, 6.07) is -2.70. The SMILES string of the molecule is CC(C)[C@H](NC(=O)[C@@H](N)CCCN=C(N)N)C(=O)N[C@H](C=O)CCC(=O)O. The van der Waals surface area contributed by atoms with E-state index < -0.39 is 35.9 Å². The summed E-state index contributed by atoms with van der Waals surface area (Å²) in [5, 5.41) is 13.7. The summed E-state index contributed by atoms with van der Waals surface area (Å²) in [7, 11) is 0. The zero-order chi connectivity index (χ0) is 21.0. The van der Waals surface area contributed by atoms with E-state index in [4.69, 9.17) is 22.3 Å². The molecule has 3 atom stereocenters. The van der Waals surface area contributed by atoms with Crippen molar-refractivity contribution in [2.45, 2.75) is 57.7 Å². The molecule has 0 aliphatic rings. The highest BCUT2D eigenvalue weighted by Crippen LogP contribution is 2.05. The monoisotopic (exact) mass is 386 g/mol. The van der Waals surface area contributed by atoms with Gasteiger partial charge in [0.05, 0.1) is 12.1 Å². The molecule has 0 saturated carbocycles. The number of hydrogen-bond donors (Lipinski definition) is 6. The number of guanidine groups is 1. The van der Waals surface area contributed by atoms with Gasteiger partial charge in [-0.15, -0.1) is 0 Å². The van der Waals surface area contributed by atoms with Crippen molar-refractivity contribution in [3.8, 4) is 0 Å². The third-order valence-corrected chi connectivity index (χ3v) is 3.71. The maximum absolute atomic E-state index is 12.4. The molecule has 9 N–H and O–H groups in total. The van der Waals surface area contributed by atoms with Crippen LogP contribution in [0.5, 0.6) is 0 Å². The van der Waals surface area contributed by atoms with Crippen molar-refractivity contribution >= 4 is 30.0 Å². The molecule has 2 amide bonds. The lowest BCUT2D eigenvalue weighted by molar-refractivity contribution is -0.137. The smallest absolute Gasteiger partial charge is 0.303 e. The molecule has 0 unspecified atom stereocenters. The van der Waals surface area contributed by atoms with Gasteiger partial charge in [-0.25, -0.2) is 0 Å². The van der Waals surface area contributed by atoms with Crippen molar-refractivity contribution in [2.24, 2.45) is 28.1 Å². The highest BCUT2D eigenvalue weighted by molar-refractivity contribution is 5.91. The maximum Gasteiger partial charge on any atom is 0.303 e. The zero-order valence-electron chi connectivity index (χ0n) is 15.7. The molecule has 27 heavy (non-hydrogen) atoms. The quantitative estimate of drug-likeness (QED) is 0.0906. The number of aldehydes is 1. The van der Waals surface area contributed by atoms with Gasteiger partial charge in [-0.2, -0.15) is 0 Å². The van der Waals surface area contributed by atoms with Crippen molar-refractivity contribution < 1.29 is 24.3 Å². The van der Waals surface area contributed by atoms with Gasteiger partial charge in [0.2, 0.25) is 11.8 Å². The molecule has 0 aromatic heterocycles. The molecule has 0 radical (unpaired) electrons. The second-order valence-corrected chi connectivity index (χ2v) is 6.47. The van der Waals surface area contributed by atoms with Gasteiger partial charge in [-0.05, 0) is 25.2 Å². The Hall–Kier alpha value is -2.69. The van der Waals surface area contributed by atoms with E-state index in [1.807, 2.05) is 0 Å². The van der Waals surface area contributed by atoms with Crippen molar-refractivity contribution in [2.75, 3.05) is 6.54 Å². The molecule has 0 aliphatic heterocycles. The molecule has 0 aliphatic carbocycles. The predicted octanol–water partition coefficient (Wildman–Crippen LogP) is -1.94. The fourth-order valence-corrected chi connectivity index (χ4v) is 2.17. The van der Waals surface area contributed by atoms with Gasteiger partial charge >= 0.3 is 5.97 Å². The topological polar surface area (TPSA) is 203 Å². The normalized spacial score (nSPS) is 13.9. The average molecular weight is 386 g/mol. The second-order valence-electron chi connectivity index (χ2n) is 6.47. The fourth-order valence-electron chi connectivity index (χ4n) is 2.17. The number of carboxylic acids is 1. The minimum atomic E-state index is -1.07. The first-order chi connectivity index (χ1) is 12.6. The molecule has 11 heteroatoms. The van der Waals surface area contributed by atoms with Gasteiger partial charge in [0.15, 0.2) is 5.96 Å². The van der Waals surface area contributed by atoms with Crippen LogP contribution in [0.2, 0.25) is 0 Å². The number of hydrogen-bond acceptors (Lipinski definition) is 6. The van der Waals surface area contributed by atoms with Crippen molar-refractivity contribution in [1.82, 2.24) is 10.6 Å². The Balaban J connectivity index is 4.69. The Morgan fingerprint density at radius 1 is 1.11 bits per heavy atom. The molecule has 0 heterocycles. The predicted molar refractivity (Wildman–Crippen MR) is 99.5 cm³/mol. The third-order valence-electron chi connectivity index (χ3n) is 3.71. The Morgan fingerprint density at radius 2 is 1.74 bits per heavy atom. The van der Waals surface area contributed by atoms with Gasteiger partial charge in [0.25, 0.3) is 0 Å². The van der Waals surface area contributed by atoms with E-state index in [9.17, 15) is 19.2 Å². The zero-order valence-corrected chi connectivity index (χ0v) is 15.7. The van der Waals surface area contributed by atoms with E-state index in [-0.39, 0.29) is 24.7 Å². The number of carbonyl (C=O) groups excluding carboxylic acids is 3. The van der Waals surface area contributed by atoms with Crippen LogP contribution in [0.4, 0.5) is 0 Å². The van der Waals surface area contributed by atoms with Gasteiger partial charge in [-0.3, -0.25) is 19.4 Å². The number of amides is 2. The van der Waals surface area contributed by atoms with E-state index in [1.54, 1.807) is 13.8 Å². The van der Waals surface area contributed by atoms with E-state index in [2.05, 4.69) is 15.6 Å². The lowest BCUT2D eigenvalue weighted by atomic mass is 10.0. The Labute approximate surface area is 158 Å². The summed E-state index contributed by atoms with van der Waals surface area (Å²) in [5.74, 6) is -2.47. The molecule has 0 saturated heterocycles. The molecule has 0 bridgehead atoms. The molecule has 11 nitrogen and oxygen atoms in total. The van der Waals surface area contributed by atoms with Crippen LogP contribution in [-0.2, 0) is 19.2 Å². The number of carbonyl (C=O) groups is 4. The molecule has 0 spiro atoms. The first-order valence-electron chi connectivity index (χ1n) is 8.67. The van der Waals surface area contributed by atoms with Crippen LogP contribution in [0.1, 0.15) is 39.5 Å². The third kappa shape index (κ3) is 10.8. The van der Waals surface area contributed by atoms with Gasteiger partial charge < -0.3 is 37.7 Å². The van der Waals surface area contributed by atoms with Crippen LogP contribution < -0.4 is 27.8 Å². The second kappa shape index (κ2) is 12.6. The standard InChI is InChI=1S/C16H30N6O5/c1-9(2)13(15(27)21-10(8-23)5-6-12(24)25)22-14(26)11(17)4-3-7-20-16(18)19/h8-11,13H,3-7,17H2,1-2H3,(H,21,27)(H,22,26)(H,24,25)(H4,18,19,20)/t10-,11-,13-/m0/s1. The summed E-state index contributed by atoms with van der Waals surface area (Å²) in [5.41, 5.74) is 16.2. The molecule has 154 valence electrons. The summed E-state index contributed by atoms with van der Waals surface area (Å²) in [6.45, 7) is 3.78. The molecule has 0 rings (SSSR count). The Bertz CT molecular complexity index is 547. The lowest BCUT2D eigenvalue weighted by Crippen LogP contribution is -2.55. The fraction of sp³-hybridized carbons (Fsp3) is 0.688. The van der Waals surface area contributed by atoms with E-state index in [1.165, 1.54) is 0 Å². The number of nitrogens with zero attached hydrogens (tertiary/aromatic N) is 1. The van der Waals surface area contributed by atoms with Gasteiger partial charge in [-0.1, -0.05) is 13.8 Å². The largest absolute Gasteiger partial charge is 0.481 e. The van der Waals surface area contributed by atoms with E-state index in [0.717, 1.165) is 0 Å². The number of nitrogens with one attached hydrogen (secondary N) is 2. The first-order valence-corrected chi connectivity index (χ1v) is 8.67. The van der Waals surface area contributed by atoms with Crippen LogP contribution in [0.25, 0.3) is 0 Å².